The Hall–Kier alpha value is -2.22. The third-order valence-corrected chi connectivity index (χ3v) is 2.78. The van der Waals surface area contributed by atoms with Gasteiger partial charge in [0.15, 0.2) is 0 Å². The molecule has 8 heteroatoms. The van der Waals surface area contributed by atoms with Gasteiger partial charge in [-0.3, -0.25) is 10.1 Å². The van der Waals surface area contributed by atoms with Crippen molar-refractivity contribution in [3.8, 4) is 0 Å². The third-order valence-electron chi connectivity index (χ3n) is 2.78. The Balaban J connectivity index is 2.37. The van der Waals surface area contributed by atoms with Crippen LogP contribution >= 0.6 is 0 Å². The van der Waals surface area contributed by atoms with Crippen molar-refractivity contribution in [2.45, 2.75) is 12.5 Å². The summed E-state index contributed by atoms with van der Waals surface area (Å²) in [6, 6.07) is 1.17. The summed E-state index contributed by atoms with van der Waals surface area (Å²) in [5, 5.41) is 29.0. The van der Waals surface area contributed by atoms with Crippen LogP contribution in [0.3, 0.4) is 0 Å². The summed E-state index contributed by atoms with van der Waals surface area (Å²) in [6.45, 7) is 0.898. The van der Waals surface area contributed by atoms with Crippen LogP contribution in [0.15, 0.2) is 12.3 Å². The zero-order chi connectivity index (χ0) is 13.3. The van der Waals surface area contributed by atoms with E-state index in [1.54, 1.807) is 4.90 Å². The van der Waals surface area contributed by atoms with Gasteiger partial charge in [0.2, 0.25) is 0 Å². The van der Waals surface area contributed by atoms with Gasteiger partial charge in [0.25, 0.3) is 0 Å². The lowest BCUT2D eigenvalue weighted by atomic mass is 10.2. The third kappa shape index (κ3) is 2.23. The van der Waals surface area contributed by atoms with E-state index in [0.29, 0.717) is 25.3 Å². The highest BCUT2D eigenvalue weighted by Crippen LogP contribution is 2.24. The van der Waals surface area contributed by atoms with Crippen molar-refractivity contribution in [2.24, 2.45) is 0 Å². The van der Waals surface area contributed by atoms with Crippen molar-refractivity contribution in [1.82, 2.24) is 4.98 Å². The van der Waals surface area contributed by atoms with Crippen molar-refractivity contribution in [3.05, 3.63) is 27.9 Å². The summed E-state index contributed by atoms with van der Waals surface area (Å²) in [7, 11) is 0. The van der Waals surface area contributed by atoms with Gasteiger partial charge in [0.1, 0.15) is 17.6 Å². The van der Waals surface area contributed by atoms with Gasteiger partial charge in [0, 0.05) is 19.2 Å². The minimum absolute atomic E-state index is 0.328. The number of nitrogens with zero attached hydrogens (tertiary/aromatic N) is 3. The van der Waals surface area contributed by atoms with Crippen molar-refractivity contribution < 1.29 is 19.9 Å². The van der Waals surface area contributed by atoms with Crippen molar-refractivity contribution >= 4 is 17.5 Å². The van der Waals surface area contributed by atoms with E-state index in [1.807, 2.05) is 0 Å². The Morgan fingerprint density at radius 2 is 2.33 bits per heavy atom. The molecule has 8 nitrogen and oxygen atoms in total. The van der Waals surface area contributed by atoms with Crippen molar-refractivity contribution in [2.75, 3.05) is 18.0 Å². The standard InChI is InChI=1S/C10H11N3O5/c14-6-1-2-12(5-6)9-3-7(10(15)16)8(4-11-9)13(17)18/h3-4,6,14H,1-2,5H2,(H,15,16). The number of hydrogen-bond acceptors (Lipinski definition) is 6. The predicted octanol–water partition coefficient (Wildman–Crippen LogP) is 0.259. The number of carboxylic acids is 1. The van der Waals surface area contributed by atoms with Crippen LogP contribution in [0.5, 0.6) is 0 Å². The molecule has 0 aliphatic carbocycles. The molecule has 2 rings (SSSR count). The van der Waals surface area contributed by atoms with Gasteiger partial charge < -0.3 is 15.1 Å². The zero-order valence-corrected chi connectivity index (χ0v) is 9.31. The van der Waals surface area contributed by atoms with Crippen LogP contribution in [0.1, 0.15) is 16.8 Å². The van der Waals surface area contributed by atoms with Gasteiger partial charge >= 0.3 is 11.7 Å². The number of carbonyl (C=O) groups is 1. The number of aliphatic hydroxyl groups is 1. The quantitative estimate of drug-likeness (QED) is 0.586. The number of pyridine rings is 1. The summed E-state index contributed by atoms with van der Waals surface area (Å²) in [6.07, 6.45) is 1.03. The van der Waals surface area contributed by atoms with Crippen LogP contribution in [0.4, 0.5) is 11.5 Å². The molecule has 0 bridgehead atoms. The van der Waals surface area contributed by atoms with Crippen LogP contribution in [0.2, 0.25) is 0 Å². The molecule has 1 fully saturated rings. The molecule has 0 radical (unpaired) electrons. The molecule has 0 amide bonds. The minimum Gasteiger partial charge on any atom is -0.477 e. The maximum Gasteiger partial charge on any atom is 0.342 e. The number of β-amino-alcohol motifs (C(OH)–C–C–N with tert-alkyl or cyclic N) is 1. The topological polar surface area (TPSA) is 117 Å². The number of anilines is 1. The van der Waals surface area contributed by atoms with E-state index in [4.69, 9.17) is 5.11 Å². The monoisotopic (exact) mass is 253 g/mol. The van der Waals surface area contributed by atoms with E-state index in [1.165, 1.54) is 6.07 Å². The summed E-state index contributed by atoms with van der Waals surface area (Å²) in [5.74, 6) is -1.04. The molecule has 1 aliphatic heterocycles. The number of hydrogen-bond donors (Lipinski definition) is 2. The van der Waals surface area contributed by atoms with E-state index in [2.05, 4.69) is 4.98 Å². The van der Waals surface area contributed by atoms with Gasteiger partial charge in [-0.25, -0.2) is 9.78 Å². The van der Waals surface area contributed by atoms with E-state index in [9.17, 15) is 20.0 Å². The molecular formula is C10H11N3O5. The second-order valence-electron chi connectivity index (χ2n) is 4.01. The Labute approximate surface area is 102 Å². The number of nitro groups is 1. The summed E-state index contributed by atoms with van der Waals surface area (Å²) in [4.78, 5) is 26.4. The Morgan fingerprint density at radius 1 is 1.61 bits per heavy atom. The van der Waals surface area contributed by atoms with Gasteiger partial charge in [-0.05, 0) is 6.42 Å². The SMILES string of the molecule is O=C(O)c1cc(N2CCC(O)C2)ncc1[N+](=O)[O-]. The molecule has 1 aromatic heterocycles. The van der Waals surface area contributed by atoms with Gasteiger partial charge in [-0.2, -0.15) is 0 Å². The van der Waals surface area contributed by atoms with E-state index in [0.717, 1.165) is 6.20 Å². The lowest BCUT2D eigenvalue weighted by Gasteiger charge is -2.16. The fourth-order valence-corrected chi connectivity index (χ4v) is 1.88. The fraction of sp³-hybridized carbons (Fsp3) is 0.400. The highest BCUT2D eigenvalue weighted by molar-refractivity contribution is 5.93. The van der Waals surface area contributed by atoms with Gasteiger partial charge in [0.05, 0.1) is 11.0 Å². The molecule has 1 saturated heterocycles. The highest BCUT2D eigenvalue weighted by atomic mass is 16.6. The van der Waals surface area contributed by atoms with Crippen molar-refractivity contribution in [1.29, 1.82) is 0 Å². The largest absolute Gasteiger partial charge is 0.477 e. The molecule has 18 heavy (non-hydrogen) atoms. The lowest BCUT2D eigenvalue weighted by Crippen LogP contribution is -2.22. The molecule has 0 spiro atoms. The van der Waals surface area contributed by atoms with Gasteiger partial charge in [-0.15, -0.1) is 0 Å². The second-order valence-corrected chi connectivity index (χ2v) is 4.01. The molecule has 0 saturated carbocycles. The molecule has 1 aromatic rings. The number of aliphatic hydroxyl groups excluding tert-OH is 1. The van der Waals surface area contributed by atoms with Crippen LogP contribution in [-0.4, -0.2) is 45.3 Å². The summed E-state index contributed by atoms with van der Waals surface area (Å²) in [5.41, 5.74) is -0.933. The Kier molecular flexibility index (Phi) is 3.11. The van der Waals surface area contributed by atoms with Crippen LogP contribution in [0, 0.1) is 10.1 Å². The maximum absolute atomic E-state index is 11.0. The highest BCUT2D eigenvalue weighted by Gasteiger charge is 2.26. The van der Waals surface area contributed by atoms with Crippen LogP contribution in [-0.2, 0) is 0 Å². The minimum atomic E-state index is -1.37. The van der Waals surface area contributed by atoms with E-state index >= 15 is 0 Å². The van der Waals surface area contributed by atoms with Gasteiger partial charge in [-0.1, -0.05) is 0 Å². The first kappa shape index (κ1) is 12.2. The first-order chi connectivity index (χ1) is 8.49. The average Bonchev–Trinajstić information content (AvgIpc) is 2.75. The molecule has 1 atom stereocenters. The van der Waals surface area contributed by atoms with Crippen molar-refractivity contribution in [3.63, 3.8) is 0 Å². The average molecular weight is 253 g/mol. The van der Waals surface area contributed by atoms with E-state index in [-0.39, 0.29) is 0 Å². The molecule has 1 unspecified atom stereocenters. The normalized spacial score (nSPS) is 18.9. The lowest BCUT2D eigenvalue weighted by molar-refractivity contribution is -0.385. The van der Waals surface area contributed by atoms with Crippen LogP contribution in [0.25, 0.3) is 0 Å². The number of rotatable bonds is 3. The second kappa shape index (κ2) is 4.57. The summed E-state index contributed by atoms with van der Waals surface area (Å²) >= 11 is 0. The fourth-order valence-electron chi connectivity index (χ4n) is 1.88. The Bertz CT molecular complexity index is 504. The molecular weight excluding hydrogens is 242 g/mol. The first-order valence-electron chi connectivity index (χ1n) is 5.30. The predicted molar refractivity (Wildman–Crippen MR) is 60.7 cm³/mol. The molecule has 2 N–H and O–H groups in total. The zero-order valence-electron chi connectivity index (χ0n) is 9.31. The summed E-state index contributed by atoms with van der Waals surface area (Å²) < 4.78 is 0. The number of aromatic carboxylic acids is 1. The molecule has 1 aliphatic rings. The molecule has 0 aromatic carbocycles. The van der Waals surface area contributed by atoms with E-state index < -0.39 is 28.2 Å². The number of carboxylic acid groups (broad SMARTS) is 1. The maximum atomic E-state index is 11.0. The smallest absolute Gasteiger partial charge is 0.342 e. The Morgan fingerprint density at radius 3 is 2.83 bits per heavy atom. The molecule has 2 heterocycles. The molecule has 96 valence electrons. The number of aromatic nitrogens is 1. The first-order valence-corrected chi connectivity index (χ1v) is 5.30. The van der Waals surface area contributed by atoms with Crippen LogP contribution < -0.4 is 4.90 Å².